The minimum Gasteiger partial charge on any atom is -0.454 e. The maximum atomic E-state index is 14.2. The van der Waals surface area contributed by atoms with Gasteiger partial charge in [0.1, 0.15) is 0 Å². The molecule has 0 amide bonds. The van der Waals surface area contributed by atoms with Crippen LogP contribution in [0.4, 0.5) is 8.78 Å². The molecule has 0 radical (unpaired) electrons. The van der Waals surface area contributed by atoms with E-state index in [2.05, 4.69) is 0 Å². The van der Waals surface area contributed by atoms with E-state index in [-0.39, 0.29) is 18.8 Å². The number of hydrogen-bond acceptors (Lipinski definition) is 6. The van der Waals surface area contributed by atoms with Gasteiger partial charge >= 0.3 is 21.3 Å². The third kappa shape index (κ3) is 3.73. The number of carbonyl (C=O) groups excluding carboxylic acids is 1. The van der Waals surface area contributed by atoms with Crippen LogP contribution in [0.25, 0.3) is 0 Å². The summed E-state index contributed by atoms with van der Waals surface area (Å²) in [6.45, 7) is 8.31. The Hall–Kier alpha value is -0.840. The van der Waals surface area contributed by atoms with Crippen molar-refractivity contribution >= 4 is 16.1 Å². The Morgan fingerprint density at radius 1 is 0.941 bits per heavy atom. The summed E-state index contributed by atoms with van der Waals surface area (Å²) in [5.74, 6) is -0.944. The first-order valence-corrected chi connectivity index (χ1v) is 13.9. The lowest BCUT2D eigenvalue weighted by Crippen LogP contribution is -2.70. The Morgan fingerprint density at radius 3 is 1.71 bits per heavy atom. The van der Waals surface area contributed by atoms with Crippen LogP contribution in [0.5, 0.6) is 0 Å². The van der Waals surface area contributed by atoms with Crippen molar-refractivity contribution in [3.63, 3.8) is 0 Å². The maximum Gasteiger partial charge on any atom is 0.405 e. The number of hydrogen-bond donors (Lipinski definition) is 3. The van der Waals surface area contributed by atoms with E-state index in [4.69, 9.17) is 9.29 Å². The summed E-state index contributed by atoms with van der Waals surface area (Å²) in [6.07, 6.45) is 2.18. The number of ether oxygens (including phenoxy) is 1. The Balaban J connectivity index is 2.10. The first-order valence-electron chi connectivity index (χ1n) is 12.5. The normalized spacial score (nSPS) is 34.8. The van der Waals surface area contributed by atoms with Crippen molar-refractivity contribution in [2.45, 2.75) is 121 Å². The third-order valence-corrected chi connectivity index (χ3v) is 10.9. The van der Waals surface area contributed by atoms with Crippen LogP contribution in [0.3, 0.4) is 0 Å². The van der Waals surface area contributed by atoms with Crippen molar-refractivity contribution in [2.24, 2.45) is 22.2 Å². The van der Waals surface area contributed by atoms with Gasteiger partial charge in [0.15, 0.2) is 6.10 Å². The molecule has 0 aromatic carbocycles. The van der Waals surface area contributed by atoms with Crippen LogP contribution >= 0.6 is 0 Å². The monoisotopic (exact) mass is 510 g/mol. The van der Waals surface area contributed by atoms with Gasteiger partial charge in [-0.15, -0.1) is 0 Å². The Bertz CT molecular complexity index is 876. The van der Waals surface area contributed by atoms with Gasteiger partial charge in [0.25, 0.3) is 0 Å². The molecule has 198 valence electrons. The molecule has 4 aliphatic carbocycles. The summed E-state index contributed by atoms with van der Waals surface area (Å²) in [6, 6.07) is 0. The highest BCUT2D eigenvalue weighted by atomic mass is 32.2. The zero-order valence-electron chi connectivity index (χ0n) is 20.9. The van der Waals surface area contributed by atoms with E-state index in [1.54, 1.807) is 0 Å². The summed E-state index contributed by atoms with van der Waals surface area (Å²) in [5, 5.41) is 18.9. The number of alkyl halides is 2. The third-order valence-electron chi connectivity index (χ3n) is 9.92. The SMILES string of the molecule is CCC(O)(CC)C12CC3CC(C(=O)OC(C)C(F)(F)S(=O)(=O)O)(C1)CC(C(O)(CC)CC)(C3)C2. The summed E-state index contributed by atoms with van der Waals surface area (Å²) < 4.78 is 64.8. The van der Waals surface area contributed by atoms with Crippen LogP contribution < -0.4 is 0 Å². The molecule has 34 heavy (non-hydrogen) atoms. The van der Waals surface area contributed by atoms with E-state index in [1.807, 2.05) is 27.7 Å². The van der Waals surface area contributed by atoms with Gasteiger partial charge in [-0.3, -0.25) is 9.35 Å². The standard InChI is InChI=1S/C24H40F2O7S/c1-6-22(28,7-2)20-11-17-10-19(13-20,14-21(12-17,15-20)23(29,8-3)9-4)18(27)33-16(5)24(25,26)34(30,31)32/h16-17,28-29H,6-15H2,1-5H3,(H,30,31,32). The van der Waals surface area contributed by atoms with Crippen molar-refractivity contribution in [3.05, 3.63) is 0 Å². The van der Waals surface area contributed by atoms with Gasteiger partial charge in [-0.2, -0.15) is 17.2 Å². The molecule has 0 saturated heterocycles. The minimum atomic E-state index is -5.78. The maximum absolute atomic E-state index is 14.2. The molecule has 4 fully saturated rings. The van der Waals surface area contributed by atoms with Crippen molar-refractivity contribution in [2.75, 3.05) is 0 Å². The zero-order valence-corrected chi connectivity index (χ0v) is 21.7. The molecule has 4 aliphatic rings. The Labute approximate surface area is 201 Å². The highest BCUT2D eigenvalue weighted by Crippen LogP contribution is 2.75. The Kier molecular flexibility index (Phi) is 6.81. The predicted molar refractivity (Wildman–Crippen MR) is 122 cm³/mol. The van der Waals surface area contributed by atoms with Crippen LogP contribution in [-0.4, -0.2) is 51.7 Å². The lowest BCUT2D eigenvalue weighted by atomic mass is 9.33. The molecule has 0 aromatic rings. The quantitative estimate of drug-likeness (QED) is 0.293. The van der Waals surface area contributed by atoms with Crippen LogP contribution in [0.1, 0.15) is 98.8 Å². The van der Waals surface area contributed by atoms with Crippen LogP contribution in [-0.2, 0) is 19.6 Å². The van der Waals surface area contributed by atoms with Crippen molar-refractivity contribution < 1.29 is 41.5 Å². The van der Waals surface area contributed by atoms with Gasteiger partial charge in [0.2, 0.25) is 0 Å². The average molecular weight is 511 g/mol. The number of halogens is 2. The molecule has 4 rings (SSSR count). The van der Waals surface area contributed by atoms with Crippen molar-refractivity contribution in [1.29, 1.82) is 0 Å². The second-order valence-electron chi connectivity index (χ2n) is 11.4. The van der Waals surface area contributed by atoms with E-state index in [0.717, 1.165) is 6.92 Å². The van der Waals surface area contributed by atoms with Crippen LogP contribution in [0.15, 0.2) is 0 Å². The van der Waals surface area contributed by atoms with Crippen LogP contribution in [0.2, 0.25) is 0 Å². The summed E-state index contributed by atoms with van der Waals surface area (Å²) in [7, 11) is -5.78. The fourth-order valence-electron chi connectivity index (χ4n) is 8.27. The second-order valence-corrected chi connectivity index (χ2v) is 12.9. The summed E-state index contributed by atoms with van der Waals surface area (Å²) in [4.78, 5) is 13.6. The highest BCUT2D eigenvalue weighted by molar-refractivity contribution is 7.86. The lowest BCUT2D eigenvalue weighted by Gasteiger charge is -2.71. The summed E-state index contributed by atoms with van der Waals surface area (Å²) in [5.41, 5.74) is -4.81. The van der Waals surface area contributed by atoms with Gasteiger partial charge in [-0.1, -0.05) is 27.7 Å². The van der Waals surface area contributed by atoms with Gasteiger partial charge < -0.3 is 14.9 Å². The van der Waals surface area contributed by atoms with E-state index >= 15 is 0 Å². The molecule has 7 nitrogen and oxygen atoms in total. The average Bonchev–Trinajstić information content (AvgIpc) is 2.75. The van der Waals surface area contributed by atoms with E-state index in [1.165, 1.54) is 0 Å². The summed E-state index contributed by atoms with van der Waals surface area (Å²) >= 11 is 0. The first kappa shape index (κ1) is 27.7. The van der Waals surface area contributed by atoms with Gasteiger partial charge in [-0.05, 0) is 77.0 Å². The molecule has 3 unspecified atom stereocenters. The van der Waals surface area contributed by atoms with Crippen molar-refractivity contribution in [3.8, 4) is 0 Å². The smallest absolute Gasteiger partial charge is 0.405 e. The molecular weight excluding hydrogens is 470 g/mol. The number of esters is 1. The zero-order chi connectivity index (χ0) is 26.0. The molecule has 0 aliphatic heterocycles. The van der Waals surface area contributed by atoms with E-state index in [0.29, 0.717) is 51.4 Å². The molecule has 0 spiro atoms. The predicted octanol–water partition coefficient (Wildman–Crippen LogP) is 4.46. The molecule has 3 N–H and O–H groups in total. The van der Waals surface area contributed by atoms with E-state index < -0.39 is 54.9 Å². The first-order chi connectivity index (χ1) is 15.4. The van der Waals surface area contributed by atoms with Gasteiger partial charge in [0.05, 0.1) is 16.6 Å². The topological polar surface area (TPSA) is 121 Å². The van der Waals surface area contributed by atoms with Gasteiger partial charge in [-0.25, -0.2) is 0 Å². The molecular formula is C24H40F2O7S. The van der Waals surface area contributed by atoms with E-state index in [9.17, 15) is 32.2 Å². The molecule has 4 bridgehead atoms. The fourth-order valence-corrected chi connectivity index (χ4v) is 8.74. The molecule has 0 aromatic heterocycles. The molecule has 4 saturated carbocycles. The minimum absolute atomic E-state index is 0.00422. The number of aliphatic hydroxyl groups is 2. The Morgan fingerprint density at radius 2 is 1.35 bits per heavy atom. The molecule has 10 heteroatoms. The van der Waals surface area contributed by atoms with Crippen LogP contribution in [0, 0.1) is 22.2 Å². The van der Waals surface area contributed by atoms with Gasteiger partial charge in [0, 0.05) is 10.8 Å². The second kappa shape index (κ2) is 8.35. The lowest BCUT2D eigenvalue weighted by molar-refractivity contribution is -0.280. The molecule has 3 atom stereocenters. The number of carbonyl (C=O) groups is 1. The van der Waals surface area contributed by atoms with Crippen molar-refractivity contribution in [1.82, 2.24) is 0 Å². The molecule has 0 heterocycles. The highest BCUT2D eigenvalue weighted by Gasteiger charge is 2.73. The largest absolute Gasteiger partial charge is 0.454 e. The number of rotatable bonds is 10. The fraction of sp³-hybridized carbons (Fsp3) is 0.958.